The van der Waals surface area contributed by atoms with Gasteiger partial charge in [0.15, 0.2) is 0 Å². The highest BCUT2D eigenvalue weighted by Crippen LogP contribution is 2.23. The van der Waals surface area contributed by atoms with Crippen molar-refractivity contribution in [3.05, 3.63) is 58.2 Å². The summed E-state index contributed by atoms with van der Waals surface area (Å²) in [7, 11) is -3.79. The van der Waals surface area contributed by atoms with Crippen LogP contribution in [0, 0.1) is 10.1 Å². The lowest BCUT2D eigenvalue weighted by atomic mass is 9.89. The van der Waals surface area contributed by atoms with Crippen LogP contribution < -0.4 is 4.72 Å². The van der Waals surface area contributed by atoms with E-state index in [1.54, 1.807) is 6.20 Å². The molecule has 8 nitrogen and oxygen atoms in total. The fourth-order valence-corrected chi connectivity index (χ4v) is 3.17. The Kier molecular flexibility index (Phi) is 4.95. The monoisotopic (exact) mass is 350 g/mol. The van der Waals surface area contributed by atoms with Gasteiger partial charge in [-0.3, -0.25) is 10.1 Å². The maximum atomic E-state index is 12.3. The van der Waals surface area contributed by atoms with Gasteiger partial charge in [0.1, 0.15) is 6.33 Å². The van der Waals surface area contributed by atoms with Crippen LogP contribution in [0.15, 0.2) is 41.7 Å². The molecule has 0 aliphatic rings. The van der Waals surface area contributed by atoms with Gasteiger partial charge >= 0.3 is 0 Å². The Hall–Kier alpha value is -2.39. The topological polar surface area (TPSA) is 115 Å². The molecule has 0 aliphatic carbocycles. The van der Waals surface area contributed by atoms with Gasteiger partial charge in [0.05, 0.1) is 15.5 Å². The second kappa shape index (κ2) is 6.62. The summed E-state index contributed by atoms with van der Waals surface area (Å²) in [6.07, 6.45) is 3.00. The lowest BCUT2D eigenvalue weighted by molar-refractivity contribution is -0.384. The van der Waals surface area contributed by atoms with E-state index in [1.165, 1.54) is 18.5 Å². The van der Waals surface area contributed by atoms with Crippen molar-refractivity contribution in [1.29, 1.82) is 0 Å². The molecule has 0 amide bonds. The van der Waals surface area contributed by atoms with E-state index < -0.39 is 14.9 Å². The lowest BCUT2D eigenvalue weighted by Crippen LogP contribution is -2.26. The number of nitrogens with one attached hydrogen (secondary N) is 1. The third kappa shape index (κ3) is 4.12. The summed E-state index contributed by atoms with van der Waals surface area (Å²) in [4.78, 5) is 18.2. The molecule has 2 aromatic rings. The smallest absolute Gasteiger partial charge is 0.258 e. The second-order valence-corrected chi connectivity index (χ2v) is 7.99. The van der Waals surface area contributed by atoms with Crippen molar-refractivity contribution >= 4 is 15.7 Å². The van der Waals surface area contributed by atoms with Gasteiger partial charge in [-0.05, 0) is 12.1 Å². The van der Waals surface area contributed by atoms with E-state index >= 15 is 0 Å². The minimum absolute atomic E-state index is 0.0345. The van der Waals surface area contributed by atoms with Crippen LogP contribution in [0.25, 0.3) is 0 Å². The molecule has 1 aromatic heterocycles. The zero-order valence-corrected chi connectivity index (χ0v) is 14.4. The number of hydrogen-bond donors (Lipinski definition) is 1. The van der Waals surface area contributed by atoms with Crippen molar-refractivity contribution in [2.75, 3.05) is 0 Å². The Bertz CT molecular complexity index is 843. The summed E-state index contributed by atoms with van der Waals surface area (Å²) in [6.45, 7) is 5.96. The highest BCUT2D eigenvalue weighted by Gasteiger charge is 2.21. The van der Waals surface area contributed by atoms with Gasteiger partial charge in [-0.1, -0.05) is 20.8 Å². The highest BCUT2D eigenvalue weighted by atomic mass is 32.2. The molecule has 0 fully saturated rings. The van der Waals surface area contributed by atoms with Crippen molar-refractivity contribution in [2.45, 2.75) is 37.6 Å². The van der Waals surface area contributed by atoms with Crippen LogP contribution in [-0.2, 0) is 22.0 Å². The number of hydrogen-bond acceptors (Lipinski definition) is 6. The maximum Gasteiger partial charge on any atom is 0.269 e. The first-order chi connectivity index (χ1) is 11.1. The van der Waals surface area contributed by atoms with Gasteiger partial charge in [0, 0.05) is 35.9 Å². The number of nitrogens with zero attached hydrogens (tertiary/aromatic N) is 3. The van der Waals surface area contributed by atoms with E-state index in [1.807, 2.05) is 20.8 Å². The normalized spacial score (nSPS) is 12.1. The summed E-state index contributed by atoms with van der Waals surface area (Å²) in [6, 6.07) is 4.71. The predicted octanol–water partition coefficient (Wildman–Crippen LogP) is 2.16. The molecule has 1 aromatic carbocycles. The molecule has 9 heteroatoms. The van der Waals surface area contributed by atoms with Gasteiger partial charge < -0.3 is 0 Å². The Labute approximate surface area is 140 Å². The minimum atomic E-state index is -3.79. The molecule has 0 saturated carbocycles. The molecule has 1 N–H and O–H groups in total. The molecule has 0 bridgehead atoms. The van der Waals surface area contributed by atoms with E-state index in [0.29, 0.717) is 5.56 Å². The number of nitro benzene ring substituents is 1. The summed E-state index contributed by atoms with van der Waals surface area (Å²) < 4.78 is 27.1. The molecule has 1 heterocycles. The molecule has 0 spiro atoms. The number of non-ortho nitro benzene ring substituents is 1. The van der Waals surface area contributed by atoms with E-state index in [0.717, 1.165) is 17.8 Å². The molecule has 24 heavy (non-hydrogen) atoms. The zero-order chi connectivity index (χ0) is 18.0. The largest absolute Gasteiger partial charge is 0.269 e. The molecule has 0 aliphatic heterocycles. The molecule has 0 saturated heterocycles. The molecule has 0 atom stereocenters. The average molecular weight is 350 g/mol. The quantitative estimate of drug-likeness (QED) is 0.652. The van der Waals surface area contributed by atoms with Gasteiger partial charge in [-0.25, -0.2) is 23.1 Å². The zero-order valence-electron chi connectivity index (χ0n) is 13.6. The van der Waals surface area contributed by atoms with Gasteiger partial charge in [-0.15, -0.1) is 0 Å². The maximum absolute atomic E-state index is 12.3. The second-order valence-electron chi connectivity index (χ2n) is 6.22. The third-order valence-corrected chi connectivity index (χ3v) is 4.73. The van der Waals surface area contributed by atoms with Crippen LogP contribution in [0.5, 0.6) is 0 Å². The minimum Gasteiger partial charge on any atom is -0.258 e. The number of sulfonamides is 1. The number of rotatable bonds is 5. The fraction of sp³-hybridized carbons (Fsp3) is 0.333. The first-order valence-electron chi connectivity index (χ1n) is 7.15. The van der Waals surface area contributed by atoms with Crippen LogP contribution in [0.3, 0.4) is 0 Å². The van der Waals surface area contributed by atoms with E-state index in [-0.39, 0.29) is 22.5 Å². The molecular formula is C15H18N4O4S. The van der Waals surface area contributed by atoms with Crippen LogP contribution in [-0.4, -0.2) is 23.3 Å². The number of nitro groups is 1. The van der Waals surface area contributed by atoms with Crippen molar-refractivity contribution in [2.24, 2.45) is 0 Å². The van der Waals surface area contributed by atoms with Crippen molar-refractivity contribution in [1.82, 2.24) is 14.7 Å². The van der Waals surface area contributed by atoms with Gasteiger partial charge in [0.2, 0.25) is 10.0 Å². The molecular weight excluding hydrogens is 332 g/mol. The summed E-state index contributed by atoms with van der Waals surface area (Å²) in [5.74, 6) is 0. The number of aromatic nitrogens is 2. The van der Waals surface area contributed by atoms with E-state index in [9.17, 15) is 18.5 Å². The summed E-state index contributed by atoms with van der Waals surface area (Å²) in [5, 5.41) is 10.6. The summed E-state index contributed by atoms with van der Waals surface area (Å²) >= 11 is 0. The van der Waals surface area contributed by atoms with Crippen molar-refractivity contribution in [3.8, 4) is 0 Å². The fourth-order valence-electron chi connectivity index (χ4n) is 2.17. The summed E-state index contributed by atoms with van der Waals surface area (Å²) in [5.41, 5.74) is 1.01. The van der Waals surface area contributed by atoms with Crippen LogP contribution in [0.4, 0.5) is 5.69 Å². The molecule has 2 rings (SSSR count). The first kappa shape index (κ1) is 18.0. The highest BCUT2D eigenvalue weighted by molar-refractivity contribution is 7.89. The third-order valence-electron chi connectivity index (χ3n) is 3.31. The predicted molar refractivity (Wildman–Crippen MR) is 87.9 cm³/mol. The van der Waals surface area contributed by atoms with E-state index in [2.05, 4.69) is 14.7 Å². The van der Waals surface area contributed by atoms with Crippen molar-refractivity contribution < 1.29 is 13.3 Å². The van der Waals surface area contributed by atoms with Crippen LogP contribution >= 0.6 is 0 Å². The Morgan fingerprint density at radius 1 is 1.21 bits per heavy atom. The number of benzene rings is 1. The van der Waals surface area contributed by atoms with Crippen molar-refractivity contribution in [3.63, 3.8) is 0 Å². The van der Waals surface area contributed by atoms with Crippen LogP contribution in [0.2, 0.25) is 0 Å². The van der Waals surface area contributed by atoms with E-state index in [4.69, 9.17) is 0 Å². The van der Waals surface area contributed by atoms with Crippen LogP contribution in [0.1, 0.15) is 32.0 Å². The lowest BCUT2D eigenvalue weighted by Gasteiger charge is -2.21. The Morgan fingerprint density at radius 3 is 2.38 bits per heavy atom. The Morgan fingerprint density at radius 2 is 1.83 bits per heavy atom. The Balaban J connectivity index is 2.21. The first-order valence-corrected chi connectivity index (χ1v) is 8.63. The standard InChI is InChI=1S/C15H18N4O4S/c1-15(2,3)14-11(8-16-10-17-14)9-18-24(22,23)13-6-4-12(5-7-13)19(20)21/h4-8,10,18H,9H2,1-3H3. The molecule has 128 valence electrons. The average Bonchev–Trinajstić information content (AvgIpc) is 2.52. The molecule has 0 radical (unpaired) electrons. The molecule has 0 unspecified atom stereocenters. The van der Waals surface area contributed by atoms with Gasteiger partial charge in [-0.2, -0.15) is 0 Å². The SMILES string of the molecule is CC(C)(C)c1ncncc1CNS(=O)(=O)c1ccc([N+](=O)[O-])cc1. The van der Waals surface area contributed by atoms with Gasteiger partial charge in [0.25, 0.3) is 5.69 Å².